The standard InChI is InChI=1S/C21H25N3O2/c1-17(18-8-4-2-5-9-18)22-20(25)16-23-12-14-24(15-13-23)21(26)19-10-6-3-7-11-19/h2-11,17H,12-16H2,1H3,(H,22,25)/p+1/t17-/m1/s1. The fourth-order valence-electron chi connectivity index (χ4n) is 3.31. The van der Waals surface area contributed by atoms with E-state index in [1.54, 1.807) is 0 Å². The molecule has 1 aliphatic heterocycles. The number of amides is 2. The quantitative estimate of drug-likeness (QED) is 0.840. The van der Waals surface area contributed by atoms with Gasteiger partial charge in [-0.3, -0.25) is 9.59 Å². The summed E-state index contributed by atoms with van der Waals surface area (Å²) in [6, 6.07) is 19.3. The van der Waals surface area contributed by atoms with Gasteiger partial charge in [-0.05, 0) is 24.6 Å². The normalized spacial score (nSPS) is 16.1. The van der Waals surface area contributed by atoms with Gasteiger partial charge >= 0.3 is 0 Å². The van der Waals surface area contributed by atoms with E-state index in [4.69, 9.17) is 0 Å². The lowest BCUT2D eigenvalue weighted by Gasteiger charge is -2.32. The monoisotopic (exact) mass is 352 g/mol. The molecule has 2 amide bonds. The third-order valence-corrected chi connectivity index (χ3v) is 4.87. The lowest BCUT2D eigenvalue weighted by molar-refractivity contribution is -0.896. The highest BCUT2D eigenvalue weighted by molar-refractivity contribution is 5.94. The van der Waals surface area contributed by atoms with E-state index < -0.39 is 0 Å². The third-order valence-electron chi connectivity index (χ3n) is 4.87. The molecular weight excluding hydrogens is 326 g/mol. The molecule has 3 rings (SSSR count). The van der Waals surface area contributed by atoms with E-state index in [-0.39, 0.29) is 17.9 Å². The van der Waals surface area contributed by atoms with Gasteiger partial charge in [-0.1, -0.05) is 48.5 Å². The average Bonchev–Trinajstić information content (AvgIpc) is 2.69. The maximum atomic E-state index is 12.5. The molecule has 0 aromatic heterocycles. The SMILES string of the molecule is C[C@@H](NC(=O)C[NH+]1CCN(C(=O)c2ccccc2)CC1)c1ccccc1. The molecule has 1 heterocycles. The third kappa shape index (κ3) is 4.70. The van der Waals surface area contributed by atoms with Gasteiger partial charge in [0.15, 0.2) is 6.54 Å². The van der Waals surface area contributed by atoms with Crippen molar-refractivity contribution in [2.75, 3.05) is 32.7 Å². The average molecular weight is 352 g/mol. The van der Waals surface area contributed by atoms with Crippen molar-refractivity contribution in [3.63, 3.8) is 0 Å². The van der Waals surface area contributed by atoms with Crippen molar-refractivity contribution >= 4 is 11.8 Å². The molecule has 0 saturated carbocycles. The summed E-state index contributed by atoms with van der Waals surface area (Å²) < 4.78 is 0. The van der Waals surface area contributed by atoms with Crippen molar-refractivity contribution in [3.05, 3.63) is 71.8 Å². The molecule has 0 radical (unpaired) electrons. The number of carbonyl (C=O) groups is 2. The number of nitrogens with zero attached hydrogens (tertiary/aromatic N) is 1. The van der Waals surface area contributed by atoms with Crippen molar-refractivity contribution in [1.29, 1.82) is 0 Å². The number of nitrogens with one attached hydrogen (secondary N) is 2. The van der Waals surface area contributed by atoms with Crippen molar-refractivity contribution < 1.29 is 14.5 Å². The van der Waals surface area contributed by atoms with Crippen LogP contribution in [-0.4, -0.2) is 49.4 Å². The Bertz CT molecular complexity index is 725. The molecule has 5 nitrogen and oxygen atoms in total. The summed E-state index contributed by atoms with van der Waals surface area (Å²) in [5, 5.41) is 3.06. The highest BCUT2D eigenvalue weighted by Crippen LogP contribution is 2.10. The van der Waals surface area contributed by atoms with E-state index in [9.17, 15) is 9.59 Å². The molecule has 1 saturated heterocycles. The topological polar surface area (TPSA) is 53.9 Å². The summed E-state index contributed by atoms with van der Waals surface area (Å²) in [6.07, 6.45) is 0. The smallest absolute Gasteiger partial charge is 0.275 e. The first-order chi connectivity index (χ1) is 12.6. The maximum Gasteiger partial charge on any atom is 0.275 e. The van der Waals surface area contributed by atoms with Crippen LogP contribution in [0.5, 0.6) is 0 Å². The van der Waals surface area contributed by atoms with Crippen LogP contribution in [0.15, 0.2) is 60.7 Å². The van der Waals surface area contributed by atoms with E-state index in [0.717, 1.165) is 24.2 Å². The number of piperazine rings is 1. The minimum absolute atomic E-state index is 0.00375. The summed E-state index contributed by atoms with van der Waals surface area (Å²) in [4.78, 5) is 27.9. The molecule has 26 heavy (non-hydrogen) atoms. The Balaban J connectivity index is 1.45. The van der Waals surface area contributed by atoms with Crippen LogP contribution in [0.1, 0.15) is 28.9 Å². The maximum absolute atomic E-state index is 12.5. The highest BCUT2D eigenvalue weighted by atomic mass is 16.2. The summed E-state index contributed by atoms with van der Waals surface area (Å²) in [7, 11) is 0. The molecule has 0 unspecified atom stereocenters. The number of hydrogen-bond donors (Lipinski definition) is 2. The first-order valence-corrected chi connectivity index (χ1v) is 9.15. The molecule has 2 N–H and O–H groups in total. The zero-order valence-corrected chi connectivity index (χ0v) is 15.2. The highest BCUT2D eigenvalue weighted by Gasteiger charge is 2.26. The number of hydrogen-bond acceptors (Lipinski definition) is 2. The molecule has 0 spiro atoms. The van der Waals surface area contributed by atoms with Crippen LogP contribution in [0.3, 0.4) is 0 Å². The largest absolute Gasteiger partial charge is 0.345 e. The van der Waals surface area contributed by atoms with Crippen molar-refractivity contribution in [2.45, 2.75) is 13.0 Å². The van der Waals surface area contributed by atoms with Crippen molar-refractivity contribution in [1.82, 2.24) is 10.2 Å². The van der Waals surface area contributed by atoms with Crippen molar-refractivity contribution in [3.8, 4) is 0 Å². The fourth-order valence-corrected chi connectivity index (χ4v) is 3.31. The lowest BCUT2D eigenvalue weighted by Crippen LogP contribution is -3.15. The Labute approximate surface area is 154 Å². The zero-order chi connectivity index (χ0) is 18.4. The van der Waals surface area contributed by atoms with Gasteiger partial charge in [0.2, 0.25) is 0 Å². The van der Waals surface area contributed by atoms with Crippen LogP contribution >= 0.6 is 0 Å². The molecule has 136 valence electrons. The number of rotatable bonds is 5. The first kappa shape index (κ1) is 18.1. The second kappa shape index (κ2) is 8.63. The molecule has 0 aliphatic carbocycles. The molecule has 0 bridgehead atoms. The molecule has 1 aliphatic rings. The van der Waals surface area contributed by atoms with Crippen LogP contribution in [0, 0.1) is 0 Å². The fraction of sp³-hybridized carbons (Fsp3) is 0.333. The minimum Gasteiger partial charge on any atom is -0.345 e. The van der Waals surface area contributed by atoms with Crippen LogP contribution in [-0.2, 0) is 4.79 Å². The second-order valence-electron chi connectivity index (χ2n) is 6.78. The minimum atomic E-state index is 0.00375. The Morgan fingerprint density at radius 1 is 1.00 bits per heavy atom. The summed E-state index contributed by atoms with van der Waals surface area (Å²) in [6.45, 7) is 5.41. The van der Waals surface area contributed by atoms with E-state index in [1.165, 1.54) is 4.90 Å². The van der Waals surface area contributed by atoms with Gasteiger partial charge in [0, 0.05) is 5.56 Å². The predicted octanol–water partition coefficient (Wildman–Crippen LogP) is 0.905. The second-order valence-corrected chi connectivity index (χ2v) is 6.78. The number of carbonyl (C=O) groups excluding carboxylic acids is 2. The van der Waals surface area contributed by atoms with Gasteiger partial charge in [0.25, 0.3) is 11.8 Å². The molecule has 5 heteroatoms. The van der Waals surface area contributed by atoms with Gasteiger partial charge in [-0.25, -0.2) is 0 Å². The van der Waals surface area contributed by atoms with Gasteiger partial charge < -0.3 is 15.1 Å². The summed E-state index contributed by atoms with van der Waals surface area (Å²) in [5.41, 5.74) is 1.83. The summed E-state index contributed by atoms with van der Waals surface area (Å²) >= 11 is 0. The van der Waals surface area contributed by atoms with Crippen LogP contribution in [0.25, 0.3) is 0 Å². The predicted molar refractivity (Wildman–Crippen MR) is 101 cm³/mol. The molecule has 2 aromatic rings. The van der Waals surface area contributed by atoms with Gasteiger partial charge in [0.05, 0.1) is 32.2 Å². The Kier molecular flexibility index (Phi) is 6.02. The van der Waals surface area contributed by atoms with E-state index in [1.807, 2.05) is 72.5 Å². The molecule has 2 aromatic carbocycles. The van der Waals surface area contributed by atoms with Crippen molar-refractivity contribution in [2.24, 2.45) is 0 Å². The van der Waals surface area contributed by atoms with Gasteiger partial charge in [-0.15, -0.1) is 0 Å². The van der Waals surface area contributed by atoms with E-state index in [2.05, 4.69) is 5.32 Å². The lowest BCUT2D eigenvalue weighted by atomic mass is 10.1. The zero-order valence-electron chi connectivity index (χ0n) is 15.2. The van der Waals surface area contributed by atoms with Crippen LogP contribution in [0.4, 0.5) is 0 Å². The van der Waals surface area contributed by atoms with E-state index in [0.29, 0.717) is 19.6 Å². The van der Waals surface area contributed by atoms with Gasteiger partial charge in [0.1, 0.15) is 0 Å². The van der Waals surface area contributed by atoms with E-state index >= 15 is 0 Å². The van der Waals surface area contributed by atoms with Gasteiger partial charge in [-0.2, -0.15) is 0 Å². The molecular formula is C21H26N3O2+. The molecule has 1 fully saturated rings. The molecule has 1 atom stereocenters. The Hall–Kier alpha value is -2.66. The summed E-state index contributed by atoms with van der Waals surface area (Å²) in [5.74, 6) is 0.131. The number of quaternary nitrogens is 1. The van der Waals surface area contributed by atoms with Crippen LogP contribution < -0.4 is 10.2 Å². The number of benzene rings is 2. The Morgan fingerprint density at radius 2 is 1.58 bits per heavy atom. The van der Waals surface area contributed by atoms with Crippen LogP contribution in [0.2, 0.25) is 0 Å². The first-order valence-electron chi connectivity index (χ1n) is 9.15. The Morgan fingerprint density at radius 3 is 2.19 bits per heavy atom.